The molecule has 0 aliphatic heterocycles. The fourth-order valence-corrected chi connectivity index (χ4v) is 1.56. The Morgan fingerprint density at radius 2 is 1.78 bits per heavy atom. The monoisotopic (exact) mass is 251 g/mol. The van der Waals surface area contributed by atoms with Crippen LogP contribution in [0.5, 0.6) is 5.75 Å². The van der Waals surface area contributed by atoms with Crippen LogP contribution in [0, 0.1) is 0 Å². The fourth-order valence-electron chi connectivity index (χ4n) is 1.56. The lowest BCUT2D eigenvalue weighted by atomic mass is 10.3. The van der Waals surface area contributed by atoms with Gasteiger partial charge in [-0.05, 0) is 31.5 Å². The van der Waals surface area contributed by atoms with Crippen LogP contribution in [0.2, 0.25) is 0 Å². The van der Waals surface area contributed by atoms with Crippen LogP contribution in [-0.2, 0) is 4.74 Å². The van der Waals surface area contributed by atoms with E-state index in [9.17, 15) is 0 Å². The molecular weight excluding hydrogens is 226 g/mol. The first-order chi connectivity index (χ1) is 8.79. The number of hydrogen-bond donors (Lipinski definition) is 1. The van der Waals surface area contributed by atoms with Crippen LogP contribution in [-0.4, -0.2) is 32.4 Å². The molecule has 18 heavy (non-hydrogen) atoms. The lowest BCUT2D eigenvalue weighted by Crippen LogP contribution is -2.23. The first-order valence-electron chi connectivity index (χ1n) is 6.78. The van der Waals surface area contributed by atoms with Crippen molar-refractivity contribution >= 4 is 0 Å². The third-order valence-corrected chi connectivity index (χ3v) is 2.51. The number of unbranched alkanes of at least 4 members (excludes halogenated alkanes) is 1. The van der Waals surface area contributed by atoms with Crippen molar-refractivity contribution in [1.29, 1.82) is 0 Å². The molecule has 0 aromatic heterocycles. The molecule has 1 aromatic carbocycles. The van der Waals surface area contributed by atoms with Crippen LogP contribution < -0.4 is 10.1 Å². The van der Waals surface area contributed by atoms with E-state index in [1.165, 1.54) is 0 Å². The highest BCUT2D eigenvalue weighted by Crippen LogP contribution is 2.07. The van der Waals surface area contributed by atoms with E-state index in [0.717, 1.165) is 31.7 Å². The fraction of sp³-hybridized carbons (Fsp3) is 0.600. The second kappa shape index (κ2) is 9.92. The number of ether oxygens (including phenoxy) is 2. The van der Waals surface area contributed by atoms with Crippen molar-refractivity contribution in [2.45, 2.75) is 32.7 Å². The third kappa shape index (κ3) is 8.09. The predicted molar refractivity (Wildman–Crippen MR) is 75.1 cm³/mol. The zero-order chi connectivity index (χ0) is 13.1. The molecule has 1 N–H and O–H groups in total. The summed E-state index contributed by atoms with van der Waals surface area (Å²) in [6.45, 7) is 7.50. The summed E-state index contributed by atoms with van der Waals surface area (Å²) in [5.41, 5.74) is 0. The van der Waals surface area contributed by atoms with Gasteiger partial charge in [-0.3, -0.25) is 0 Å². The maximum atomic E-state index is 5.53. The van der Waals surface area contributed by atoms with Crippen LogP contribution >= 0.6 is 0 Å². The van der Waals surface area contributed by atoms with Gasteiger partial charge in [0.25, 0.3) is 0 Å². The van der Waals surface area contributed by atoms with Gasteiger partial charge in [0.1, 0.15) is 12.4 Å². The summed E-state index contributed by atoms with van der Waals surface area (Å²) < 4.78 is 11.0. The van der Waals surface area contributed by atoms with Crippen molar-refractivity contribution < 1.29 is 9.47 Å². The molecule has 0 radical (unpaired) electrons. The lowest BCUT2D eigenvalue weighted by molar-refractivity contribution is 0.0973. The third-order valence-electron chi connectivity index (χ3n) is 2.51. The SMILES string of the molecule is CC(C)NCCCCOCCOc1ccccc1. The van der Waals surface area contributed by atoms with E-state index >= 15 is 0 Å². The Hall–Kier alpha value is -1.06. The summed E-state index contributed by atoms with van der Waals surface area (Å²) in [5.74, 6) is 0.905. The zero-order valence-corrected chi connectivity index (χ0v) is 11.5. The molecule has 0 bridgehead atoms. The molecule has 1 aromatic rings. The largest absolute Gasteiger partial charge is 0.491 e. The number of benzene rings is 1. The Kier molecular flexibility index (Phi) is 8.26. The van der Waals surface area contributed by atoms with Gasteiger partial charge in [-0.25, -0.2) is 0 Å². The van der Waals surface area contributed by atoms with Gasteiger partial charge in [0.15, 0.2) is 0 Å². The lowest BCUT2D eigenvalue weighted by Gasteiger charge is -2.08. The van der Waals surface area contributed by atoms with Crippen molar-refractivity contribution in [3.05, 3.63) is 30.3 Å². The maximum absolute atomic E-state index is 5.53. The summed E-state index contributed by atoms with van der Waals surface area (Å²) in [6, 6.07) is 10.4. The quantitative estimate of drug-likeness (QED) is 0.649. The average molecular weight is 251 g/mol. The van der Waals surface area contributed by atoms with Gasteiger partial charge in [-0.2, -0.15) is 0 Å². The van der Waals surface area contributed by atoms with Gasteiger partial charge in [0.2, 0.25) is 0 Å². The Balaban J connectivity index is 1.84. The molecule has 0 saturated heterocycles. The van der Waals surface area contributed by atoms with Gasteiger partial charge in [0.05, 0.1) is 6.61 Å². The Morgan fingerprint density at radius 1 is 1.00 bits per heavy atom. The van der Waals surface area contributed by atoms with Crippen molar-refractivity contribution in [2.75, 3.05) is 26.4 Å². The number of para-hydroxylation sites is 1. The second-order valence-corrected chi connectivity index (χ2v) is 4.59. The van der Waals surface area contributed by atoms with Gasteiger partial charge >= 0.3 is 0 Å². The van der Waals surface area contributed by atoms with Crippen LogP contribution in [0.1, 0.15) is 26.7 Å². The molecule has 102 valence electrons. The van der Waals surface area contributed by atoms with E-state index < -0.39 is 0 Å². The molecule has 0 spiro atoms. The molecule has 0 unspecified atom stereocenters. The van der Waals surface area contributed by atoms with Crippen LogP contribution in [0.15, 0.2) is 30.3 Å². The number of nitrogens with one attached hydrogen (secondary N) is 1. The summed E-state index contributed by atoms with van der Waals surface area (Å²) in [6.07, 6.45) is 2.27. The van der Waals surface area contributed by atoms with Crippen LogP contribution in [0.25, 0.3) is 0 Å². The van der Waals surface area contributed by atoms with Gasteiger partial charge in [0, 0.05) is 12.6 Å². The molecule has 0 heterocycles. The molecule has 0 saturated carbocycles. The normalized spacial score (nSPS) is 10.8. The number of hydrogen-bond acceptors (Lipinski definition) is 3. The smallest absolute Gasteiger partial charge is 0.119 e. The minimum atomic E-state index is 0.574. The summed E-state index contributed by atoms with van der Waals surface area (Å²) in [7, 11) is 0. The molecule has 1 rings (SSSR count). The molecule has 3 heteroatoms. The highest BCUT2D eigenvalue weighted by atomic mass is 16.5. The summed E-state index contributed by atoms with van der Waals surface area (Å²) in [5, 5.41) is 3.39. The van der Waals surface area contributed by atoms with E-state index in [2.05, 4.69) is 19.2 Å². The topological polar surface area (TPSA) is 30.5 Å². The molecule has 0 amide bonds. The second-order valence-electron chi connectivity index (χ2n) is 4.59. The summed E-state index contributed by atoms with van der Waals surface area (Å²) >= 11 is 0. The van der Waals surface area contributed by atoms with Gasteiger partial charge < -0.3 is 14.8 Å². The summed E-state index contributed by atoms with van der Waals surface area (Å²) in [4.78, 5) is 0. The minimum absolute atomic E-state index is 0.574. The van der Waals surface area contributed by atoms with E-state index in [4.69, 9.17) is 9.47 Å². The molecule has 0 atom stereocenters. The van der Waals surface area contributed by atoms with Crippen LogP contribution in [0.3, 0.4) is 0 Å². The standard InChI is InChI=1S/C15H25NO2/c1-14(2)16-10-6-7-11-17-12-13-18-15-8-4-3-5-9-15/h3-5,8-9,14,16H,6-7,10-13H2,1-2H3. The number of rotatable bonds is 10. The van der Waals surface area contributed by atoms with Gasteiger partial charge in [-0.1, -0.05) is 32.0 Å². The van der Waals surface area contributed by atoms with Crippen molar-refractivity contribution in [3.63, 3.8) is 0 Å². The Morgan fingerprint density at radius 3 is 2.50 bits per heavy atom. The van der Waals surface area contributed by atoms with E-state index in [1.54, 1.807) is 0 Å². The van der Waals surface area contributed by atoms with Crippen LogP contribution in [0.4, 0.5) is 0 Å². The van der Waals surface area contributed by atoms with E-state index in [-0.39, 0.29) is 0 Å². The van der Waals surface area contributed by atoms with Crippen molar-refractivity contribution in [1.82, 2.24) is 5.32 Å². The first-order valence-corrected chi connectivity index (χ1v) is 6.78. The minimum Gasteiger partial charge on any atom is -0.491 e. The first kappa shape index (κ1) is 15.0. The maximum Gasteiger partial charge on any atom is 0.119 e. The zero-order valence-electron chi connectivity index (χ0n) is 11.5. The average Bonchev–Trinajstić information content (AvgIpc) is 2.37. The molecule has 0 aliphatic carbocycles. The molecule has 0 aliphatic rings. The predicted octanol–water partition coefficient (Wildman–Crippen LogP) is 2.86. The highest BCUT2D eigenvalue weighted by molar-refractivity contribution is 5.20. The van der Waals surface area contributed by atoms with E-state index in [0.29, 0.717) is 19.3 Å². The van der Waals surface area contributed by atoms with E-state index in [1.807, 2.05) is 30.3 Å². The van der Waals surface area contributed by atoms with Crippen molar-refractivity contribution in [3.8, 4) is 5.75 Å². The molecular formula is C15H25NO2. The van der Waals surface area contributed by atoms with Gasteiger partial charge in [-0.15, -0.1) is 0 Å². The molecule has 0 fully saturated rings. The van der Waals surface area contributed by atoms with Crippen molar-refractivity contribution in [2.24, 2.45) is 0 Å². The molecule has 3 nitrogen and oxygen atoms in total. The highest BCUT2D eigenvalue weighted by Gasteiger charge is 1.94. The Bertz CT molecular complexity index is 288. The Labute approximate surface area is 110 Å².